The summed E-state index contributed by atoms with van der Waals surface area (Å²) in [6.07, 6.45) is 4.72. The van der Waals surface area contributed by atoms with Crippen molar-refractivity contribution in [2.45, 2.75) is 0 Å². The fourth-order valence-corrected chi connectivity index (χ4v) is 0.907. The van der Waals surface area contributed by atoms with Crippen LogP contribution in [0.4, 0.5) is 0 Å². The minimum Gasteiger partial charge on any atom is -0.233 e. The molecular weight excluding hydrogens is 152 g/mol. The number of aromatic nitrogens is 4. The van der Waals surface area contributed by atoms with Crippen molar-refractivity contribution in [1.29, 1.82) is 0 Å². The average molecular weight is 155 g/mol. The van der Waals surface area contributed by atoms with Gasteiger partial charge in [0.1, 0.15) is 6.33 Å². The lowest BCUT2D eigenvalue weighted by atomic mass is 10.8. The van der Waals surface area contributed by atoms with Gasteiger partial charge in [0, 0.05) is 12.4 Å². The molecule has 2 heterocycles. The third-order valence-corrected chi connectivity index (χ3v) is 1.42. The highest BCUT2D eigenvalue weighted by molar-refractivity contribution is 6.32. The molecule has 0 aliphatic rings. The Balaban J connectivity index is 2.95. The maximum atomic E-state index is 5.66. The monoisotopic (exact) mass is 154 g/mol. The molecule has 0 aliphatic carbocycles. The molecule has 0 spiro atoms. The van der Waals surface area contributed by atoms with Crippen LogP contribution in [0.2, 0.25) is 5.15 Å². The summed E-state index contributed by atoms with van der Waals surface area (Å²) in [6, 6.07) is 0. The summed E-state index contributed by atoms with van der Waals surface area (Å²) in [7, 11) is 0. The van der Waals surface area contributed by atoms with Gasteiger partial charge in [0.25, 0.3) is 0 Å². The van der Waals surface area contributed by atoms with Gasteiger partial charge in [-0.2, -0.15) is 5.10 Å². The number of rotatable bonds is 0. The van der Waals surface area contributed by atoms with Gasteiger partial charge in [-0.25, -0.2) is 14.5 Å². The summed E-state index contributed by atoms with van der Waals surface area (Å²) >= 11 is 5.66. The highest BCUT2D eigenvalue weighted by Crippen LogP contribution is 2.08. The third kappa shape index (κ3) is 0.657. The van der Waals surface area contributed by atoms with Gasteiger partial charge in [0.05, 0.1) is 0 Å². The summed E-state index contributed by atoms with van der Waals surface area (Å²) in [4.78, 5) is 7.67. The van der Waals surface area contributed by atoms with Crippen LogP contribution in [0.15, 0.2) is 18.7 Å². The van der Waals surface area contributed by atoms with E-state index in [1.165, 1.54) is 6.33 Å². The van der Waals surface area contributed by atoms with E-state index < -0.39 is 0 Å². The number of hydrogen-bond acceptors (Lipinski definition) is 3. The fourth-order valence-electron chi connectivity index (χ4n) is 0.728. The molecule has 0 aromatic carbocycles. The molecular formula is C5H3ClN4. The summed E-state index contributed by atoms with van der Waals surface area (Å²) in [5.74, 6) is 0. The average Bonchev–Trinajstić information content (AvgIpc) is 2.36. The predicted molar refractivity (Wildman–Crippen MR) is 35.8 cm³/mol. The molecule has 0 fully saturated rings. The van der Waals surface area contributed by atoms with E-state index in [4.69, 9.17) is 11.6 Å². The molecule has 2 aromatic rings. The zero-order chi connectivity index (χ0) is 6.97. The van der Waals surface area contributed by atoms with Crippen LogP contribution in [0, 0.1) is 0 Å². The van der Waals surface area contributed by atoms with E-state index in [0.717, 1.165) is 0 Å². The van der Waals surface area contributed by atoms with Crippen LogP contribution < -0.4 is 0 Å². The summed E-state index contributed by atoms with van der Waals surface area (Å²) in [5.41, 5.74) is 0.587. The summed E-state index contributed by atoms with van der Waals surface area (Å²) in [6.45, 7) is 0. The Hall–Kier alpha value is -1.16. The molecule has 0 bridgehead atoms. The standard InChI is InChI=1S/C5H3ClN4/c6-4-5-7-1-2-10(5)9-3-8-4/h1-3H. The van der Waals surface area contributed by atoms with Gasteiger partial charge < -0.3 is 0 Å². The molecule has 5 heteroatoms. The predicted octanol–water partition coefficient (Wildman–Crippen LogP) is 0.778. The second-order valence-electron chi connectivity index (χ2n) is 1.75. The highest BCUT2D eigenvalue weighted by Gasteiger charge is 1.98. The van der Waals surface area contributed by atoms with Crippen molar-refractivity contribution >= 4 is 17.2 Å². The first-order valence-electron chi connectivity index (χ1n) is 2.68. The first-order chi connectivity index (χ1) is 4.88. The van der Waals surface area contributed by atoms with Crippen LogP contribution in [0.5, 0.6) is 0 Å². The Kier molecular flexibility index (Phi) is 1.07. The zero-order valence-corrected chi connectivity index (χ0v) is 5.65. The van der Waals surface area contributed by atoms with Crippen molar-refractivity contribution in [1.82, 2.24) is 19.6 Å². The lowest BCUT2D eigenvalue weighted by molar-refractivity contribution is 0.898. The molecule has 10 heavy (non-hydrogen) atoms. The maximum absolute atomic E-state index is 5.66. The molecule has 2 rings (SSSR count). The molecule has 0 saturated carbocycles. The van der Waals surface area contributed by atoms with E-state index in [9.17, 15) is 0 Å². The van der Waals surface area contributed by atoms with Gasteiger partial charge in [-0.15, -0.1) is 0 Å². The van der Waals surface area contributed by atoms with Crippen molar-refractivity contribution in [2.75, 3.05) is 0 Å². The van der Waals surface area contributed by atoms with Gasteiger partial charge in [0.2, 0.25) is 0 Å². The van der Waals surface area contributed by atoms with Gasteiger partial charge in [-0.3, -0.25) is 0 Å². The van der Waals surface area contributed by atoms with Gasteiger partial charge >= 0.3 is 0 Å². The third-order valence-electron chi connectivity index (χ3n) is 1.15. The van der Waals surface area contributed by atoms with Crippen molar-refractivity contribution in [2.24, 2.45) is 0 Å². The molecule has 0 saturated heterocycles. The van der Waals surface area contributed by atoms with Gasteiger partial charge in [-0.05, 0) is 0 Å². The lowest BCUT2D eigenvalue weighted by Gasteiger charge is -1.89. The van der Waals surface area contributed by atoms with E-state index in [1.54, 1.807) is 16.9 Å². The van der Waals surface area contributed by atoms with Crippen molar-refractivity contribution < 1.29 is 0 Å². The lowest BCUT2D eigenvalue weighted by Crippen LogP contribution is -1.91. The van der Waals surface area contributed by atoms with Gasteiger partial charge in [-0.1, -0.05) is 11.6 Å². The van der Waals surface area contributed by atoms with Crippen molar-refractivity contribution in [3.8, 4) is 0 Å². The second kappa shape index (κ2) is 1.91. The van der Waals surface area contributed by atoms with E-state index in [0.29, 0.717) is 10.8 Å². The number of fused-ring (bicyclic) bond motifs is 1. The molecule has 0 N–H and O–H groups in total. The Morgan fingerprint density at radius 3 is 3.10 bits per heavy atom. The Labute approximate surface area is 61.5 Å². The topological polar surface area (TPSA) is 43.1 Å². The molecule has 0 radical (unpaired) electrons. The second-order valence-corrected chi connectivity index (χ2v) is 2.10. The Bertz CT molecular complexity index is 355. The molecule has 0 amide bonds. The first-order valence-corrected chi connectivity index (χ1v) is 3.05. The molecule has 0 aliphatic heterocycles. The fraction of sp³-hybridized carbons (Fsp3) is 0. The van der Waals surface area contributed by atoms with Crippen LogP contribution in [0.3, 0.4) is 0 Å². The van der Waals surface area contributed by atoms with Crippen molar-refractivity contribution in [3.63, 3.8) is 0 Å². The largest absolute Gasteiger partial charge is 0.233 e. The van der Waals surface area contributed by atoms with Crippen LogP contribution in [-0.2, 0) is 0 Å². The SMILES string of the molecule is Clc1ncnn2ccnc12. The highest BCUT2D eigenvalue weighted by atomic mass is 35.5. The minimum absolute atomic E-state index is 0.375. The first kappa shape index (κ1) is 5.61. The van der Waals surface area contributed by atoms with E-state index in [2.05, 4.69) is 15.1 Å². The normalized spacial score (nSPS) is 10.5. The number of halogens is 1. The Morgan fingerprint density at radius 1 is 1.40 bits per heavy atom. The number of nitrogens with zero attached hydrogens (tertiary/aromatic N) is 4. The molecule has 0 atom stereocenters. The smallest absolute Gasteiger partial charge is 0.191 e. The van der Waals surface area contributed by atoms with E-state index >= 15 is 0 Å². The summed E-state index contributed by atoms with van der Waals surface area (Å²) in [5, 5.41) is 4.24. The van der Waals surface area contributed by atoms with E-state index in [1.807, 2.05) is 0 Å². The van der Waals surface area contributed by atoms with Crippen LogP contribution in [0.25, 0.3) is 5.65 Å². The quantitative estimate of drug-likeness (QED) is 0.563. The molecule has 50 valence electrons. The maximum Gasteiger partial charge on any atom is 0.191 e. The van der Waals surface area contributed by atoms with Gasteiger partial charge in [0.15, 0.2) is 10.8 Å². The van der Waals surface area contributed by atoms with Crippen LogP contribution in [0.1, 0.15) is 0 Å². The molecule has 0 unspecified atom stereocenters. The number of imidazole rings is 1. The van der Waals surface area contributed by atoms with E-state index in [-0.39, 0.29) is 0 Å². The zero-order valence-electron chi connectivity index (χ0n) is 4.90. The van der Waals surface area contributed by atoms with Crippen LogP contribution in [-0.4, -0.2) is 19.6 Å². The molecule has 4 nitrogen and oxygen atoms in total. The summed E-state index contributed by atoms with van der Waals surface area (Å²) < 4.78 is 1.56. The molecule has 2 aromatic heterocycles. The minimum atomic E-state index is 0.375. The van der Waals surface area contributed by atoms with Crippen molar-refractivity contribution in [3.05, 3.63) is 23.9 Å². The Morgan fingerprint density at radius 2 is 2.30 bits per heavy atom. The van der Waals surface area contributed by atoms with Crippen LogP contribution >= 0.6 is 11.6 Å². The number of hydrogen-bond donors (Lipinski definition) is 0.